The molecule has 1 heterocycles. The van der Waals surface area contributed by atoms with Crippen molar-refractivity contribution in [1.29, 1.82) is 0 Å². The van der Waals surface area contributed by atoms with E-state index in [4.69, 9.17) is 16.3 Å². The van der Waals surface area contributed by atoms with E-state index in [9.17, 15) is 4.79 Å². The van der Waals surface area contributed by atoms with Gasteiger partial charge in [0.05, 0.1) is 16.6 Å². The van der Waals surface area contributed by atoms with Gasteiger partial charge in [0.1, 0.15) is 11.4 Å². The van der Waals surface area contributed by atoms with E-state index in [0.717, 1.165) is 36.1 Å². The molecule has 3 rings (SSSR count). The quantitative estimate of drug-likeness (QED) is 0.788. The average Bonchev–Trinajstić information content (AvgIpc) is 2.61. The van der Waals surface area contributed by atoms with Gasteiger partial charge in [0, 0.05) is 12.0 Å². The number of hydrogen-bond acceptors (Lipinski definition) is 2. The number of ether oxygens (including phenoxy) is 1. The lowest BCUT2D eigenvalue weighted by Crippen LogP contribution is -2.44. The lowest BCUT2D eigenvalue weighted by molar-refractivity contribution is 0.0227. The van der Waals surface area contributed by atoms with Gasteiger partial charge in [-0.3, -0.25) is 4.79 Å². The van der Waals surface area contributed by atoms with E-state index in [1.165, 1.54) is 0 Å². The summed E-state index contributed by atoms with van der Waals surface area (Å²) in [4.78, 5) is 12.8. The van der Waals surface area contributed by atoms with Crippen molar-refractivity contribution >= 4 is 17.5 Å². The van der Waals surface area contributed by atoms with Crippen LogP contribution >= 0.6 is 11.6 Å². The molecule has 1 aliphatic rings. The molecule has 0 aliphatic carbocycles. The Morgan fingerprint density at radius 3 is 2.64 bits per heavy atom. The maximum Gasteiger partial charge on any atom is 0.253 e. The van der Waals surface area contributed by atoms with Crippen LogP contribution in [0.1, 0.15) is 60.6 Å². The fourth-order valence-corrected chi connectivity index (χ4v) is 3.79. The summed E-state index contributed by atoms with van der Waals surface area (Å²) in [6, 6.07) is 13.4. The SMILES string of the molecule is CCC1(CC)C[C@H](NC(=O)c2ccc(C)cc2Cl)c2ccccc2O1. The van der Waals surface area contributed by atoms with E-state index >= 15 is 0 Å². The van der Waals surface area contributed by atoms with Gasteiger partial charge in [-0.25, -0.2) is 0 Å². The van der Waals surface area contributed by atoms with E-state index in [0.29, 0.717) is 10.6 Å². The summed E-state index contributed by atoms with van der Waals surface area (Å²) >= 11 is 6.27. The molecule has 25 heavy (non-hydrogen) atoms. The molecule has 0 radical (unpaired) electrons. The molecule has 0 bridgehead atoms. The number of para-hydroxylation sites is 1. The number of benzene rings is 2. The first-order chi connectivity index (χ1) is 12.0. The third-order valence-corrected chi connectivity index (χ3v) is 5.47. The summed E-state index contributed by atoms with van der Waals surface area (Å²) < 4.78 is 6.30. The zero-order valence-corrected chi connectivity index (χ0v) is 15.7. The topological polar surface area (TPSA) is 38.3 Å². The average molecular weight is 358 g/mol. The van der Waals surface area contributed by atoms with E-state index in [2.05, 4.69) is 19.2 Å². The van der Waals surface area contributed by atoms with Crippen molar-refractivity contribution in [2.24, 2.45) is 0 Å². The van der Waals surface area contributed by atoms with E-state index in [-0.39, 0.29) is 17.6 Å². The number of nitrogens with one attached hydrogen (secondary N) is 1. The van der Waals surface area contributed by atoms with Gasteiger partial charge >= 0.3 is 0 Å². The maximum absolute atomic E-state index is 12.8. The first-order valence-corrected chi connectivity index (χ1v) is 9.21. The van der Waals surface area contributed by atoms with Crippen LogP contribution in [0.4, 0.5) is 0 Å². The standard InChI is InChI=1S/C21H24ClNO2/c1-4-21(5-2)13-18(16-8-6-7-9-19(16)25-21)23-20(24)15-11-10-14(3)12-17(15)22/h6-12,18H,4-5,13H2,1-3H3,(H,23,24)/t18-/m0/s1. The highest BCUT2D eigenvalue weighted by Crippen LogP contribution is 2.42. The maximum atomic E-state index is 12.8. The Kier molecular flexibility index (Phi) is 5.05. The molecule has 1 aliphatic heterocycles. The minimum atomic E-state index is -0.247. The third kappa shape index (κ3) is 3.52. The number of hydrogen-bond donors (Lipinski definition) is 1. The molecular formula is C21H24ClNO2. The van der Waals surface area contributed by atoms with Gasteiger partial charge in [-0.05, 0) is 43.5 Å². The molecule has 1 amide bonds. The van der Waals surface area contributed by atoms with Gasteiger partial charge in [-0.1, -0.05) is 49.7 Å². The number of carbonyl (C=O) groups excluding carboxylic acids is 1. The van der Waals surface area contributed by atoms with Gasteiger partial charge in [0.15, 0.2) is 0 Å². The van der Waals surface area contributed by atoms with Crippen LogP contribution in [0.3, 0.4) is 0 Å². The molecule has 0 unspecified atom stereocenters. The normalized spacial score (nSPS) is 18.2. The Balaban J connectivity index is 1.91. The minimum Gasteiger partial charge on any atom is -0.487 e. The second-order valence-electron chi connectivity index (χ2n) is 6.74. The Bertz CT molecular complexity index is 783. The fraction of sp³-hybridized carbons (Fsp3) is 0.381. The third-order valence-electron chi connectivity index (χ3n) is 5.16. The van der Waals surface area contributed by atoms with Crippen LogP contribution in [0.15, 0.2) is 42.5 Å². The van der Waals surface area contributed by atoms with Gasteiger partial charge in [0.25, 0.3) is 5.91 Å². The summed E-state index contributed by atoms with van der Waals surface area (Å²) in [5.74, 6) is 0.713. The molecule has 0 saturated heterocycles. The number of fused-ring (bicyclic) bond motifs is 1. The highest BCUT2D eigenvalue weighted by molar-refractivity contribution is 6.33. The lowest BCUT2D eigenvalue weighted by Gasteiger charge is -2.41. The number of carbonyl (C=O) groups is 1. The number of halogens is 1. The smallest absolute Gasteiger partial charge is 0.253 e. The first-order valence-electron chi connectivity index (χ1n) is 8.83. The van der Waals surface area contributed by atoms with Crippen molar-refractivity contribution < 1.29 is 9.53 Å². The zero-order chi connectivity index (χ0) is 18.0. The Morgan fingerprint density at radius 1 is 1.24 bits per heavy atom. The summed E-state index contributed by atoms with van der Waals surface area (Å²) in [6.45, 7) is 6.22. The van der Waals surface area contributed by atoms with Crippen molar-refractivity contribution in [3.8, 4) is 5.75 Å². The Morgan fingerprint density at radius 2 is 1.96 bits per heavy atom. The van der Waals surface area contributed by atoms with Gasteiger partial charge in [-0.2, -0.15) is 0 Å². The van der Waals surface area contributed by atoms with Crippen molar-refractivity contribution in [3.05, 3.63) is 64.2 Å². The molecule has 2 aromatic rings. The molecule has 1 N–H and O–H groups in total. The number of rotatable bonds is 4. The molecule has 132 valence electrons. The second kappa shape index (κ2) is 7.09. The molecule has 2 aromatic carbocycles. The first kappa shape index (κ1) is 17.8. The largest absolute Gasteiger partial charge is 0.487 e. The van der Waals surface area contributed by atoms with Crippen LogP contribution in [-0.4, -0.2) is 11.5 Å². The molecule has 0 saturated carbocycles. The van der Waals surface area contributed by atoms with Crippen molar-refractivity contribution in [2.45, 2.75) is 51.7 Å². The Hall–Kier alpha value is -2.00. The van der Waals surface area contributed by atoms with Crippen molar-refractivity contribution in [3.63, 3.8) is 0 Å². The predicted octanol–water partition coefficient (Wildman–Crippen LogP) is 5.46. The molecule has 3 nitrogen and oxygen atoms in total. The predicted molar refractivity (Wildman–Crippen MR) is 101 cm³/mol. The van der Waals surface area contributed by atoms with E-state index in [1.54, 1.807) is 6.07 Å². The van der Waals surface area contributed by atoms with Gasteiger partial charge in [-0.15, -0.1) is 0 Å². The van der Waals surface area contributed by atoms with Crippen molar-refractivity contribution in [1.82, 2.24) is 5.32 Å². The molecule has 0 aromatic heterocycles. The molecule has 4 heteroatoms. The minimum absolute atomic E-state index is 0.0882. The van der Waals surface area contributed by atoms with Crippen LogP contribution in [0.5, 0.6) is 5.75 Å². The highest BCUT2D eigenvalue weighted by atomic mass is 35.5. The lowest BCUT2D eigenvalue weighted by atomic mass is 9.83. The summed E-state index contributed by atoms with van der Waals surface area (Å²) in [5.41, 5.74) is 2.32. The molecule has 1 atom stereocenters. The van der Waals surface area contributed by atoms with E-state index in [1.807, 2.05) is 43.3 Å². The number of aryl methyl sites for hydroxylation is 1. The molecule has 0 spiro atoms. The fourth-order valence-electron chi connectivity index (χ4n) is 3.47. The summed E-state index contributed by atoms with van der Waals surface area (Å²) in [7, 11) is 0. The van der Waals surface area contributed by atoms with Crippen LogP contribution in [-0.2, 0) is 0 Å². The second-order valence-corrected chi connectivity index (χ2v) is 7.15. The molecular weight excluding hydrogens is 334 g/mol. The van der Waals surface area contributed by atoms with Gasteiger partial charge < -0.3 is 10.1 Å². The van der Waals surface area contributed by atoms with Gasteiger partial charge in [0.2, 0.25) is 0 Å². The number of amides is 1. The zero-order valence-electron chi connectivity index (χ0n) is 14.9. The molecule has 0 fully saturated rings. The monoisotopic (exact) mass is 357 g/mol. The summed E-state index contributed by atoms with van der Waals surface area (Å²) in [5, 5.41) is 3.65. The van der Waals surface area contributed by atoms with Crippen molar-refractivity contribution in [2.75, 3.05) is 0 Å². The van der Waals surface area contributed by atoms with Crippen LogP contribution in [0.2, 0.25) is 5.02 Å². The Labute approximate surface area is 154 Å². The van der Waals surface area contributed by atoms with E-state index < -0.39 is 0 Å². The highest BCUT2D eigenvalue weighted by Gasteiger charge is 2.39. The van der Waals surface area contributed by atoms with Crippen LogP contribution in [0, 0.1) is 6.92 Å². The van der Waals surface area contributed by atoms with Crippen LogP contribution < -0.4 is 10.1 Å². The summed E-state index contributed by atoms with van der Waals surface area (Å²) in [6.07, 6.45) is 2.55. The van der Waals surface area contributed by atoms with Crippen LogP contribution in [0.25, 0.3) is 0 Å².